The molecule has 1 aliphatic rings. The smallest absolute Gasteiger partial charge is 0.313 e. The number of carbonyl (C=O) groups excluding carboxylic acids is 2. The Hall–Kier alpha value is -1.10. The highest BCUT2D eigenvalue weighted by atomic mass is 16.5. The van der Waals surface area contributed by atoms with Crippen molar-refractivity contribution in [1.29, 1.82) is 0 Å². The quantitative estimate of drug-likeness (QED) is 0.529. The maximum atomic E-state index is 11.8. The van der Waals surface area contributed by atoms with E-state index >= 15 is 0 Å². The predicted molar refractivity (Wildman–Crippen MR) is 62.2 cm³/mol. The van der Waals surface area contributed by atoms with Crippen molar-refractivity contribution in [1.82, 2.24) is 5.32 Å². The molecule has 5 nitrogen and oxygen atoms in total. The number of nitrogens with one attached hydrogen (secondary N) is 1. The molecule has 1 fully saturated rings. The summed E-state index contributed by atoms with van der Waals surface area (Å²) >= 11 is 0. The van der Waals surface area contributed by atoms with Crippen molar-refractivity contribution in [2.24, 2.45) is 5.92 Å². The van der Waals surface area contributed by atoms with Gasteiger partial charge in [-0.3, -0.25) is 9.59 Å². The van der Waals surface area contributed by atoms with Crippen LogP contribution >= 0.6 is 0 Å². The number of rotatable bonds is 6. The minimum atomic E-state index is -0.821. The monoisotopic (exact) mass is 243 g/mol. The van der Waals surface area contributed by atoms with E-state index in [-0.39, 0.29) is 12.6 Å². The van der Waals surface area contributed by atoms with E-state index < -0.39 is 18.0 Å². The van der Waals surface area contributed by atoms with Crippen molar-refractivity contribution >= 4 is 12.4 Å². The fraction of sp³-hybridized carbons (Fsp3) is 0.833. The lowest BCUT2D eigenvalue weighted by Crippen LogP contribution is -2.38. The lowest BCUT2D eigenvalue weighted by atomic mass is 9.97. The molecule has 1 aliphatic carbocycles. The van der Waals surface area contributed by atoms with E-state index in [1.54, 1.807) is 0 Å². The molecule has 0 aromatic carbocycles. The van der Waals surface area contributed by atoms with Gasteiger partial charge >= 0.3 is 5.97 Å². The number of esters is 1. The molecule has 2 atom stereocenters. The average Bonchev–Trinajstić information content (AvgIpc) is 2.30. The number of carbonyl (C=O) groups is 2. The molecular weight excluding hydrogens is 222 g/mol. The van der Waals surface area contributed by atoms with Crippen molar-refractivity contribution in [3.63, 3.8) is 0 Å². The zero-order valence-electron chi connectivity index (χ0n) is 10.2. The molecule has 0 aromatic rings. The van der Waals surface area contributed by atoms with Crippen LogP contribution in [0.4, 0.5) is 0 Å². The van der Waals surface area contributed by atoms with Gasteiger partial charge in [-0.1, -0.05) is 6.42 Å². The molecule has 1 amide bonds. The molecule has 0 saturated heterocycles. The van der Waals surface area contributed by atoms with E-state index in [1.165, 1.54) is 13.3 Å². The maximum Gasteiger partial charge on any atom is 0.313 e. The minimum absolute atomic E-state index is 0.0197. The van der Waals surface area contributed by atoms with Crippen molar-refractivity contribution in [3.8, 4) is 0 Å². The summed E-state index contributed by atoms with van der Waals surface area (Å²) in [4.78, 5) is 22.0. The second-order valence-electron chi connectivity index (χ2n) is 4.57. The number of aliphatic hydroxyl groups excluding tert-OH is 1. The molecule has 1 saturated carbocycles. The molecule has 5 heteroatoms. The predicted octanol–water partition coefficient (Wildman–Crippen LogP) is 0.605. The van der Waals surface area contributed by atoms with Crippen LogP contribution in [-0.2, 0) is 14.3 Å². The second kappa shape index (κ2) is 7.27. The Labute approximate surface area is 102 Å². The third-order valence-electron chi connectivity index (χ3n) is 3.14. The molecule has 17 heavy (non-hydrogen) atoms. The molecule has 0 aromatic heterocycles. The number of hydrogen-bond donors (Lipinski definition) is 2. The molecule has 0 bridgehead atoms. The van der Waals surface area contributed by atoms with Crippen molar-refractivity contribution in [2.45, 2.75) is 51.2 Å². The second-order valence-corrected chi connectivity index (χ2v) is 4.57. The van der Waals surface area contributed by atoms with Gasteiger partial charge in [0.25, 0.3) is 0 Å². The highest BCUT2D eigenvalue weighted by molar-refractivity contribution is 5.74. The Morgan fingerprint density at radius 1 is 1.47 bits per heavy atom. The van der Waals surface area contributed by atoms with Gasteiger partial charge in [0.15, 0.2) is 0 Å². The lowest BCUT2D eigenvalue weighted by Gasteiger charge is -2.25. The summed E-state index contributed by atoms with van der Waals surface area (Å²) in [6, 6.07) is 0. The van der Waals surface area contributed by atoms with Crippen LogP contribution in [0.25, 0.3) is 0 Å². The van der Waals surface area contributed by atoms with E-state index in [9.17, 15) is 14.7 Å². The number of amides is 1. The first-order valence-corrected chi connectivity index (χ1v) is 6.20. The van der Waals surface area contributed by atoms with Crippen LogP contribution in [0.1, 0.15) is 39.0 Å². The molecular formula is C12H21NO4. The normalized spacial score (nSPS) is 20.4. The SMILES string of the molecule is C[C@@H](O)[C@H](CNC=O)C(=O)OC1CCCCC1. The first-order valence-electron chi connectivity index (χ1n) is 6.20. The summed E-state index contributed by atoms with van der Waals surface area (Å²) in [5.41, 5.74) is 0. The fourth-order valence-electron chi connectivity index (χ4n) is 2.06. The standard InChI is InChI=1S/C12H21NO4/c1-9(15)11(7-13-8-14)12(16)17-10-5-3-2-4-6-10/h8-11,15H,2-7H2,1H3,(H,13,14)/t9-,11+/m1/s1. The summed E-state index contributed by atoms with van der Waals surface area (Å²) in [6.45, 7) is 1.64. The summed E-state index contributed by atoms with van der Waals surface area (Å²) in [7, 11) is 0. The maximum absolute atomic E-state index is 11.8. The van der Waals surface area contributed by atoms with Gasteiger partial charge in [0.05, 0.1) is 12.0 Å². The Balaban J connectivity index is 2.42. The zero-order chi connectivity index (χ0) is 12.7. The third-order valence-corrected chi connectivity index (χ3v) is 3.14. The summed E-state index contributed by atoms with van der Waals surface area (Å²) in [6.07, 6.45) is 4.85. The van der Waals surface area contributed by atoms with Gasteiger partial charge in [-0.2, -0.15) is 0 Å². The average molecular weight is 243 g/mol. The minimum Gasteiger partial charge on any atom is -0.462 e. The van der Waals surface area contributed by atoms with Crippen LogP contribution in [0.3, 0.4) is 0 Å². The van der Waals surface area contributed by atoms with E-state index in [1.807, 2.05) is 0 Å². The van der Waals surface area contributed by atoms with Gasteiger partial charge in [-0.15, -0.1) is 0 Å². The first-order chi connectivity index (χ1) is 8.15. The van der Waals surface area contributed by atoms with Gasteiger partial charge in [0, 0.05) is 6.54 Å². The van der Waals surface area contributed by atoms with E-state index in [0.29, 0.717) is 6.41 Å². The van der Waals surface area contributed by atoms with Crippen molar-refractivity contribution in [2.75, 3.05) is 6.54 Å². The van der Waals surface area contributed by atoms with Crippen molar-refractivity contribution in [3.05, 3.63) is 0 Å². The molecule has 0 aliphatic heterocycles. The Bertz CT molecular complexity index is 249. The Kier molecular flexibility index (Phi) is 5.97. The third kappa shape index (κ3) is 4.73. The zero-order valence-corrected chi connectivity index (χ0v) is 10.2. The molecule has 0 unspecified atom stereocenters. The van der Waals surface area contributed by atoms with Crippen LogP contribution in [0.5, 0.6) is 0 Å². The summed E-state index contributed by atoms with van der Waals surface area (Å²) in [5, 5.41) is 11.9. The first kappa shape index (κ1) is 14.0. The number of aliphatic hydroxyl groups is 1. The van der Waals surface area contributed by atoms with Crippen LogP contribution in [-0.4, -0.2) is 36.2 Å². The van der Waals surface area contributed by atoms with Gasteiger partial charge in [0.1, 0.15) is 6.10 Å². The van der Waals surface area contributed by atoms with E-state index in [2.05, 4.69) is 5.32 Å². The lowest BCUT2D eigenvalue weighted by molar-refractivity contribution is -0.158. The van der Waals surface area contributed by atoms with Crippen LogP contribution in [0.15, 0.2) is 0 Å². The molecule has 0 radical (unpaired) electrons. The highest BCUT2D eigenvalue weighted by Gasteiger charge is 2.28. The fourth-order valence-corrected chi connectivity index (χ4v) is 2.06. The molecule has 0 spiro atoms. The number of hydrogen-bond acceptors (Lipinski definition) is 4. The van der Waals surface area contributed by atoms with E-state index in [4.69, 9.17) is 4.74 Å². The number of ether oxygens (including phenoxy) is 1. The van der Waals surface area contributed by atoms with Gasteiger partial charge in [-0.25, -0.2) is 0 Å². The Morgan fingerprint density at radius 3 is 2.65 bits per heavy atom. The topological polar surface area (TPSA) is 75.6 Å². The highest BCUT2D eigenvalue weighted by Crippen LogP contribution is 2.21. The van der Waals surface area contributed by atoms with Gasteiger partial charge in [-0.05, 0) is 32.6 Å². The summed E-state index contributed by atoms with van der Waals surface area (Å²) in [5.74, 6) is -1.09. The molecule has 0 heterocycles. The molecule has 2 N–H and O–H groups in total. The summed E-state index contributed by atoms with van der Waals surface area (Å²) < 4.78 is 5.36. The van der Waals surface area contributed by atoms with Crippen molar-refractivity contribution < 1.29 is 19.4 Å². The van der Waals surface area contributed by atoms with Gasteiger partial charge < -0.3 is 15.2 Å². The molecule has 1 rings (SSSR count). The van der Waals surface area contributed by atoms with Gasteiger partial charge in [0.2, 0.25) is 6.41 Å². The largest absolute Gasteiger partial charge is 0.462 e. The van der Waals surface area contributed by atoms with Crippen LogP contribution in [0, 0.1) is 5.92 Å². The van der Waals surface area contributed by atoms with Crippen LogP contribution in [0.2, 0.25) is 0 Å². The van der Waals surface area contributed by atoms with E-state index in [0.717, 1.165) is 25.7 Å². The Morgan fingerprint density at radius 2 is 2.12 bits per heavy atom. The van der Waals surface area contributed by atoms with Crippen LogP contribution < -0.4 is 5.32 Å². The molecule has 98 valence electrons.